The predicted octanol–water partition coefficient (Wildman–Crippen LogP) is 3.29. The monoisotopic (exact) mass is 393 g/mol. The van der Waals surface area contributed by atoms with E-state index >= 15 is 0 Å². The second kappa shape index (κ2) is 7.78. The molecular weight excluding hydrogens is 374 g/mol. The first kappa shape index (κ1) is 18.9. The van der Waals surface area contributed by atoms with Crippen LogP contribution in [-0.2, 0) is 14.6 Å². The highest BCUT2D eigenvalue weighted by atomic mass is 35.5. The molecule has 1 saturated heterocycles. The number of pyridine rings is 1. The predicted molar refractivity (Wildman–Crippen MR) is 102 cm³/mol. The van der Waals surface area contributed by atoms with Crippen LogP contribution in [0.25, 0.3) is 5.57 Å². The van der Waals surface area contributed by atoms with Crippen molar-refractivity contribution in [3.05, 3.63) is 69.1 Å². The maximum Gasteiger partial charge on any atom is 0.267 e. The van der Waals surface area contributed by atoms with E-state index in [1.54, 1.807) is 30.3 Å². The van der Waals surface area contributed by atoms with Gasteiger partial charge < -0.3 is 9.72 Å². The molecule has 0 bridgehead atoms. The first-order valence-electron chi connectivity index (χ1n) is 8.34. The Bertz CT molecular complexity index is 989. The molecule has 1 aliphatic heterocycles. The minimum absolute atomic E-state index is 0.115. The summed E-state index contributed by atoms with van der Waals surface area (Å²) < 4.78 is 29.3. The fraction of sp³-hybridized carbons (Fsp3) is 0.316. The van der Waals surface area contributed by atoms with Crippen LogP contribution < -0.4 is 5.56 Å². The summed E-state index contributed by atoms with van der Waals surface area (Å²) in [5.41, 5.74) is 1.76. The van der Waals surface area contributed by atoms with Crippen LogP contribution >= 0.6 is 11.6 Å². The van der Waals surface area contributed by atoms with E-state index in [1.807, 2.05) is 6.07 Å². The Labute approximate surface area is 157 Å². The Morgan fingerprint density at radius 3 is 2.62 bits per heavy atom. The number of allylic oxidation sites excluding steroid dienone is 1. The maximum atomic E-state index is 12.0. The molecule has 5 nitrogen and oxygen atoms in total. The average molecular weight is 394 g/mol. The normalized spacial score (nSPS) is 16.6. The van der Waals surface area contributed by atoms with Gasteiger partial charge in [-0.1, -0.05) is 29.8 Å². The zero-order valence-electron chi connectivity index (χ0n) is 14.4. The van der Waals surface area contributed by atoms with Crippen LogP contribution in [0.1, 0.15) is 24.1 Å². The molecular formula is C19H20ClNO4S. The fourth-order valence-electron chi connectivity index (χ4n) is 2.97. The van der Waals surface area contributed by atoms with Crippen LogP contribution in [0, 0.1) is 5.92 Å². The number of ether oxygens (including phenoxy) is 1. The standard InChI is InChI=1S/C19H20ClNO4S/c1-26(23,24)15-4-2-3-14(12-15)16(11-13-7-9-25-10-8-13)18-6-5-17(20)19(22)21-18/h2-6,11-13H,7-10H2,1H3,(H,21,22). The van der Waals surface area contributed by atoms with E-state index in [4.69, 9.17) is 16.3 Å². The summed E-state index contributed by atoms with van der Waals surface area (Å²) >= 11 is 5.85. The van der Waals surface area contributed by atoms with Crippen LogP contribution in [0.15, 0.2) is 52.2 Å². The number of aromatic amines is 1. The van der Waals surface area contributed by atoms with Crippen LogP contribution in [0.2, 0.25) is 5.02 Å². The Kier molecular flexibility index (Phi) is 5.65. The molecule has 0 amide bonds. The minimum Gasteiger partial charge on any atom is -0.381 e. The lowest BCUT2D eigenvalue weighted by Crippen LogP contribution is -2.15. The van der Waals surface area contributed by atoms with Crippen LogP contribution in [-0.4, -0.2) is 32.9 Å². The SMILES string of the molecule is CS(=O)(=O)c1cccc(C(=CC2CCOCC2)c2ccc(Cl)c(=O)[nH]2)c1. The minimum atomic E-state index is -3.33. The van der Waals surface area contributed by atoms with Crippen LogP contribution in [0.3, 0.4) is 0 Å². The van der Waals surface area contributed by atoms with Gasteiger partial charge in [0.25, 0.3) is 5.56 Å². The molecule has 2 aromatic rings. The fourth-order valence-corrected chi connectivity index (χ4v) is 3.74. The molecule has 1 fully saturated rings. The third kappa shape index (κ3) is 4.44. The quantitative estimate of drug-likeness (QED) is 0.864. The molecule has 2 heterocycles. The van der Waals surface area contributed by atoms with Crippen molar-refractivity contribution in [2.45, 2.75) is 17.7 Å². The number of benzene rings is 1. The van der Waals surface area contributed by atoms with Crippen molar-refractivity contribution in [1.82, 2.24) is 4.98 Å². The lowest BCUT2D eigenvalue weighted by Gasteiger charge is -2.21. The first-order valence-corrected chi connectivity index (χ1v) is 10.6. The molecule has 1 aromatic carbocycles. The number of sulfone groups is 1. The topological polar surface area (TPSA) is 76.2 Å². The van der Waals surface area contributed by atoms with E-state index in [0.717, 1.165) is 24.0 Å². The van der Waals surface area contributed by atoms with Gasteiger partial charge in [0.05, 0.1) is 4.90 Å². The second-order valence-electron chi connectivity index (χ2n) is 6.38. The van der Waals surface area contributed by atoms with Gasteiger partial charge in [-0.25, -0.2) is 8.42 Å². The van der Waals surface area contributed by atoms with E-state index in [9.17, 15) is 13.2 Å². The van der Waals surface area contributed by atoms with Crippen molar-refractivity contribution < 1.29 is 13.2 Å². The van der Waals surface area contributed by atoms with Gasteiger partial charge in [0.15, 0.2) is 9.84 Å². The Hall–Kier alpha value is -1.89. The number of hydrogen-bond acceptors (Lipinski definition) is 4. The van der Waals surface area contributed by atoms with Gasteiger partial charge in [0.1, 0.15) is 5.02 Å². The van der Waals surface area contributed by atoms with Crippen molar-refractivity contribution in [2.75, 3.05) is 19.5 Å². The summed E-state index contributed by atoms with van der Waals surface area (Å²) in [4.78, 5) is 15.0. The number of hydrogen-bond donors (Lipinski definition) is 1. The van der Waals surface area contributed by atoms with Crippen molar-refractivity contribution >= 4 is 27.0 Å². The summed E-state index contributed by atoms with van der Waals surface area (Å²) in [6.45, 7) is 1.38. The molecule has 1 aromatic heterocycles. The number of aromatic nitrogens is 1. The third-order valence-electron chi connectivity index (χ3n) is 4.39. The molecule has 138 valence electrons. The molecule has 1 N–H and O–H groups in total. The van der Waals surface area contributed by atoms with E-state index in [1.165, 1.54) is 6.26 Å². The molecule has 0 atom stereocenters. The Morgan fingerprint density at radius 1 is 1.23 bits per heavy atom. The summed E-state index contributed by atoms with van der Waals surface area (Å²) in [5, 5.41) is 0.115. The number of nitrogens with one attached hydrogen (secondary N) is 1. The highest BCUT2D eigenvalue weighted by Crippen LogP contribution is 2.28. The zero-order chi connectivity index (χ0) is 18.7. The van der Waals surface area contributed by atoms with E-state index in [-0.39, 0.29) is 15.5 Å². The highest BCUT2D eigenvalue weighted by Gasteiger charge is 2.17. The molecule has 0 unspecified atom stereocenters. The van der Waals surface area contributed by atoms with E-state index in [0.29, 0.717) is 24.8 Å². The molecule has 0 spiro atoms. The molecule has 0 saturated carbocycles. The van der Waals surface area contributed by atoms with Crippen molar-refractivity contribution in [3.8, 4) is 0 Å². The Balaban J connectivity index is 2.12. The summed E-state index contributed by atoms with van der Waals surface area (Å²) in [6.07, 6.45) is 5.03. The molecule has 3 rings (SSSR count). The lowest BCUT2D eigenvalue weighted by atomic mass is 9.92. The lowest BCUT2D eigenvalue weighted by molar-refractivity contribution is 0.0786. The summed E-state index contributed by atoms with van der Waals surface area (Å²) in [6, 6.07) is 10.0. The maximum absolute atomic E-state index is 12.0. The average Bonchev–Trinajstić information content (AvgIpc) is 2.62. The first-order chi connectivity index (χ1) is 12.3. The van der Waals surface area contributed by atoms with Gasteiger partial charge in [0, 0.05) is 30.7 Å². The summed E-state index contributed by atoms with van der Waals surface area (Å²) in [7, 11) is -3.33. The van der Waals surface area contributed by atoms with Crippen LogP contribution in [0.5, 0.6) is 0 Å². The van der Waals surface area contributed by atoms with Crippen molar-refractivity contribution in [2.24, 2.45) is 5.92 Å². The molecule has 1 aliphatic rings. The number of H-pyrrole nitrogens is 1. The van der Waals surface area contributed by atoms with Gasteiger partial charge in [-0.3, -0.25) is 4.79 Å². The van der Waals surface area contributed by atoms with Gasteiger partial charge in [-0.15, -0.1) is 0 Å². The third-order valence-corrected chi connectivity index (χ3v) is 5.80. The van der Waals surface area contributed by atoms with Gasteiger partial charge >= 0.3 is 0 Å². The second-order valence-corrected chi connectivity index (χ2v) is 8.80. The van der Waals surface area contributed by atoms with Crippen molar-refractivity contribution in [1.29, 1.82) is 0 Å². The Morgan fingerprint density at radius 2 is 1.96 bits per heavy atom. The molecule has 7 heteroatoms. The van der Waals surface area contributed by atoms with Gasteiger partial charge in [-0.05, 0) is 48.6 Å². The van der Waals surface area contributed by atoms with Crippen molar-refractivity contribution in [3.63, 3.8) is 0 Å². The highest BCUT2D eigenvalue weighted by molar-refractivity contribution is 7.90. The smallest absolute Gasteiger partial charge is 0.267 e. The van der Waals surface area contributed by atoms with Crippen LogP contribution in [0.4, 0.5) is 0 Å². The molecule has 0 radical (unpaired) electrons. The van der Waals surface area contributed by atoms with E-state index < -0.39 is 9.84 Å². The number of halogens is 1. The van der Waals surface area contributed by atoms with Gasteiger partial charge in [0.2, 0.25) is 0 Å². The van der Waals surface area contributed by atoms with E-state index in [2.05, 4.69) is 11.1 Å². The zero-order valence-corrected chi connectivity index (χ0v) is 15.9. The number of rotatable bonds is 4. The van der Waals surface area contributed by atoms with Gasteiger partial charge in [-0.2, -0.15) is 0 Å². The molecule has 26 heavy (non-hydrogen) atoms. The largest absolute Gasteiger partial charge is 0.381 e. The molecule has 0 aliphatic carbocycles. The summed E-state index contributed by atoms with van der Waals surface area (Å²) in [5.74, 6) is 0.291.